The van der Waals surface area contributed by atoms with E-state index in [1.807, 2.05) is 31.2 Å². The number of benzene rings is 1. The molecule has 1 aromatic rings. The van der Waals surface area contributed by atoms with E-state index in [1.54, 1.807) is 7.11 Å². The average Bonchev–Trinajstić information content (AvgIpc) is 2.28. The first-order valence-electron chi connectivity index (χ1n) is 5.62. The van der Waals surface area contributed by atoms with E-state index in [0.717, 1.165) is 17.5 Å². The van der Waals surface area contributed by atoms with Gasteiger partial charge in [0.1, 0.15) is 0 Å². The Morgan fingerprint density at radius 1 is 1.53 bits per heavy atom. The van der Waals surface area contributed by atoms with Crippen molar-refractivity contribution in [2.75, 3.05) is 7.11 Å². The number of rotatable bonds is 6. The summed E-state index contributed by atoms with van der Waals surface area (Å²) in [5, 5.41) is 8.70. The highest BCUT2D eigenvalue weighted by molar-refractivity contribution is 5.67. The van der Waals surface area contributed by atoms with Crippen LogP contribution in [0.2, 0.25) is 0 Å². The maximum atomic E-state index is 10.6. The summed E-state index contributed by atoms with van der Waals surface area (Å²) < 4.78 is 5.19. The van der Waals surface area contributed by atoms with Gasteiger partial charge < -0.3 is 15.6 Å². The van der Waals surface area contributed by atoms with Gasteiger partial charge in [0, 0.05) is 13.2 Å². The van der Waals surface area contributed by atoms with Crippen LogP contribution >= 0.6 is 0 Å². The molecule has 0 heterocycles. The Labute approximate surface area is 101 Å². The van der Waals surface area contributed by atoms with Crippen LogP contribution in [0.3, 0.4) is 0 Å². The number of carbonyl (C=O) groups is 1. The molecule has 4 heteroatoms. The summed E-state index contributed by atoms with van der Waals surface area (Å²) in [6.45, 7) is 1.99. The van der Waals surface area contributed by atoms with Gasteiger partial charge in [-0.05, 0) is 24.5 Å². The van der Waals surface area contributed by atoms with Crippen molar-refractivity contribution < 1.29 is 14.6 Å². The zero-order valence-corrected chi connectivity index (χ0v) is 10.2. The maximum Gasteiger partial charge on any atom is 0.305 e. The number of carboxylic acid groups (broad SMARTS) is 1. The lowest BCUT2D eigenvalue weighted by molar-refractivity contribution is -0.137. The van der Waals surface area contributed by atoms with Gasteiger partial charge in [-0.1, -0.05) is 24.3 Å². The molecule has 0 radical (unpaired) electrons. The van der Waals surface area contributed by atoms with Crippen molar-refractivity contribution in [1.29, 1.82) is 0 Å². The molecule has 0 fully saturated rings. The van der Waals surface area contributed by atoms with Crippen LogP contribution in [0.5, 0.6) is 0 Å². The van der Waals surface area contributed by atoms with Crippen LogP contribution < -0.4 is 5.73 Å². The quantitative estimate of drug-likeness (QED) is 0.790. The fraction of sp³-hybridized carbons (Fsp3) is 0.462. The Morgan fingerprint density at radius 2 is 2.24 bits per heavy atom. The molecule has 2 atom stereocenters. The first kappa shape index (κ1) is 13.7. The Morgan fingerprint density at radius 3 is 2.82 bits per heavy atom. The highest BCUT2D eigenvalue weighted by Gasteiger charge is 2.11. The second-order valence-electron chi connectivity index (χ2n) is 4.20. The number of nitrogens with two attached hydrogens (primary N) is 1. The maximum absolute atomic E-state index is 10.6. The van der Waals surface area contributed by atoms with Crippen LogP contribution in [0.4, 0.5) is 0 Å². The van der Waals surface area contributed by atoms with E-state index >= 15 is 0 Å². The van der Waals surface area contributed by atoms with Gasteiger partial charge in [-0.3, -0.25) is 4.79 Å². The smallest absolute Gasteiger partial charge is 0.305 e. The predicted octanol–water partition coefficient (Wildman–Crippen LogP) is 1.74. The van der Waals surface area contributed by atoms with Crippen LogP contribution in [0.15, 0.2) is 24.3 Å². The molecule has 0 saturated carbocycles. The Bertz CT molecular complexity index is 379. The Kier molecular flexibility index (Phi) is 5.12. The largest absolute Gasteiger partial charge is 0.481 e. The summed E-state index contributed by atoms with van der Waals surface area (Å²) >= 11 is 0. The van der Waals surface area contributed by atoms with E-state index in [0.29, 0.717) is 0 Å². The highest BCUT2D eigenvalue weighted by Crippen LogP contribution is 2.17. The third kappa shape index (κ3) is 4.54. The van der Waals surface area contributed by atoms with E-state index in [9.17, 15) is 4.79 Å². The molecule has 17 heavy (non-hydrogen) atoms. The summed E-state index contributed by atoms with van der Waals surface area (Å²) in [5.74, 6) is -0.881. The zero-order chi connectivity index (χ0) is 12.8. The van der Waals surface area contributed by atoms with Crippen molar-refractivity contribution in [3.8, 4) is 0 Å². The van der Waals surface area contributed by atoms with Crippen molar-refractivity contribution in [2.45, 2.75) is 31.9 Å². The van der Waals surface area contributed by atoms with Gasteiger partial charge >= 0.3 is 5.97 Å². The van der Waals surface area contributed by atoms with Gasteiger partial charge in [0.2, 0.25) is 0 Å². The van der Waals surface area contributed by atoms with Gasteiger partial charge in [-0.2, -0.15) is 0 Å². The van der Waals surface area contributed by atoms with E-state index < -0.39 is 12.0 Å². The topological polar surface area (TPSA) is 72.5 Å². The Hall–Kier alpha value is -1.39. The Balaban J connectivity index is 2.74. The van der Waals surface area contributed by atoms with Crippen LogP contribution in [-0.2, 0) is 16.0 Å². The van der Waals surface area contributed by atoms with Gasteiger partial charge in [0.05, 0.1) is 12.5 Å². The second kappa shape index (κ2) is 6.37. The molecule has 3 N–H and O–H groups in total. The molecule has 0 aliphatic rings. The predicted molar refractivity (Wildman–Crippen MR) is 65.8 cm³/mol. The third-order valence-corrected chi connectivity index (χ3v) is 2.70. The van der Waals surface area contributed by atoms with Crippen LogP contribution in [0.1, 0.15) is 30.5 Å². The van der Waals surface area contributed by atoms with E-state index in [1.165, 1.54) is 0 Å². The van der Waals surface area contributed by atoms with Crippen LogP contribution in [0.25, 0.3) is 0 Å². The minimum Gasteiger partial charge on any atom is -0.481 e. The third-order valence-electron chi connectivity index (χ3n) is 2.70. The van der Waals surface area contributed by atoms with Crippen LogP contribution in [0, 0.1) is 0 Å². The van der Waals surface area contributed by atoms with Gasteiger partial charge in [0.15, 0.2) is 0 Å². The molecular formula is C13H19NO3. The van der Waals surface area contributed by atoms with Crippen molar-refractivity contribution in [3.63, 3.8) is 0 Å². The van der Waals surface area contributed by atoms with Crippen molar-refractivity contribution >= 4 is 5.97 Å². The fourth-order valence-corrected chi connectivity index (χ4v) is 1.67. The molecule has 0 aliphatic heterocycles. The molecule has 0 aliphatic carbocycles. The van der Waals surface area contributed by atoms with Crippen molar-refractivity contribution in [2.24, 2.45) is 5.73 Å². The normalized spacial score (nSPS) is 14.3. The number of methoxy groups -OCH3 is 1. The average molecular weight is 237 g/mol. The summed E-state index contributed by atoms with van der Waals surface area (Å²) in [5.41, 5.74) is 7.78. The number of aliphatic carboxylic acids is 1. The number of ether oxygens (including phenoxy) is 1. The van der Waals surface area contributed by atoms with E-state index in [4.69, 9.17) is 15.6 Å². The lowest BCUT2D eigenvalue weighted by Crippen LogP contribution is -2.15. The van der Waals surface area contributed by atoms with Crippen molar-refractivity contribution in [3.05, 3.63) is 35.4 Å². The van der Waals surface area contributed by atoms with Crippen molar-refractivity contribution in [1.82, 2.24) is 0 Å². The number of hydrogen-bond donors (Lipinski definition) is 2. The minimum absolute atomic E-state index is 0.0523. The molecule has 0 spiro atoms. The summed E-state index contributed by atoms with van der Waals surface area (Å²) in [6, 6.07) is 7.24. The monoisotopic (exact) mass is 237 g/mol. The number of carboxylic acids is 1. The molecule has 0 amide bonds. The van der Waals surface area contributed by atoms with Gasteiger partial charge in [0.25, 0.3) is 0 Å². The highest BCUT2D eigenvalue weighted by atomic mass is 16.5. The summed E-state index contributed by atoms with van der Waals surface area (Å²) in [7, 11) is 1.67. The first-order valence-corrected chi connectivity index (χ1v) is 5.62. The standard InChI is InChI=1S/C13H19NO3/c1-9(17-2)6-10-4-3-5-11(7-10)12(14)8-13(15)16/h3-5,7,9,12H,6,8,14H2,1-2H3,(H,15,16). The van der Waals surface area contributed by atoms with Crippen LogP contribution in [-0.4, -0.2) is 24.3 Å². The second-order valence-corrected chi connectivity index (χ2v) is 4.20. The zero-order valence-electron chi connectivity index (χ0n) is 10.2. The molecule has 0 saturated heterocycles. The molecule has 4 nitrogen and oxygen atoms in total. The molecule has 1 rings (SSSR count). The molecule has 1 aromatic carbocycles. The minimum atomic E-state index is -0.881. The summed E-state index contributed by atoms with van der Waals surface area (Å²) in [4.78, 5) is 10.6. The molecule has 94 valence electrons. The fourth-order valence-electron chi connectivity index (χ4n) is 1.67. The van der Waals surface area contributed by atoms with Gasteiger partial charge in [-0.25, -0.2) is 0 Å². The van der Waals surface area contributed by atoms with E-state index in [2.05, 4.69) is 0 Å². The SMILES string of the molecule is COC(C)Cc1cccc(C(N)CC(=O)O)c1. The van der Waals surface area contributed by atoms with Gasteiger partial charge in [-0.15, -0.1) is 0 Å². The lowest BCUT2D eigenvalue weighted by atomic mass is 10.00. The van der Waals surface area contributed by atoms with E-state index in [-0.39, 0.29) is 12.5 Å². The molecule has 0 bridgehead atoms. The molecule has 2 unspecified atom stereocenters. The summed E-state index contributed by atoms with van der Waals surface area (Å²) in [6.07, 6.45) is 0.883. The first-order chi connectivity index (χ1) is 8.02. The lowest BCUT2D eigenvalue weighted by Gasteiger charge is -2.13. The molecule has 0 aromatic heterocycles. The molecular weight excluding hydrogens is 218 g/mol. The number of hydrogen-bond acceptors (Lipinski definition) is 3.